The fraction of sp³-hybridized carbons (Fsp3) is 0.133. The van der Waals surface area contributed by atoms with Crippen LogP contribution in [0.1, 0.15) is 15.9 Å². The van der Waals surface area contributed by atoms with Crippen molar-refractivity contribution in [1.29, 1.82) is 0 Å². The van der Waals surface area contributed by atoms with Gasteiger partial charge in [-0.3, -0.25) is 0 Å². The Bertz CT molecular complexity index is 608. The quantitative estimate of drug-likeness (QED) is 0.863. The fourth-order valence-corrected chi connectivity index (χ4v) is 1.92. The van der Waals surface area contributed by atoms with Crippen molar-refractivity contribution in [3.05, 3.63) is 59.4 Å². The average Bonchev–Trinajstić information content (AvgIpc) is 2.45. The lowest BCUT2D eigenvalue weighted by atomic mass is 9.98. The van der Waals surface area contributed by atoms with Crippen LogP contribution in [0, 0.1) is 5.82 Å². The van der Waals surface area contributed by atoms with E-state index in [0.717, 1.165) is 6.07 Å². The standard InChI is InChI=1S/C15H13FO3/c1-19-15(18)12-6-11(7-13(16)8-12)14-5-3-2-4-10(14)9-17/h2-8,17H,9H2,1H3. The summed E-state index contributed by atoms with van der Waals surface area (Å²) in [6.07, 6.45) is 0. The summed E-state index contributed by atoms with van der Waals surface area (Å²) < 4.78 is 18.2. The van der Waals surface area contributed by atoms with Crippen molar-refractivity contribution in [3.8, 4) is 11.1 Å². The van der Waals surface area contributed by atoms with Gasteiger partial charge in [-0.2, -0.15) is 0 Å². The summed E-state index contributed by atoms with van der Waals surface area (Å²) in [6.45, 7) is -0.153. The van der Waals surface area contributed by atoms with E-state index in [2.05, 4.69) is 4.74 Å². The van der Waals surface area contributed by atoms with E-state index in [1.807, 2.05) is 0 Å². The average molecular weight is 260 g/mol. The van der Waals surface area contributed by atoms with Crippen LogP contribution in [-0.4, -0.2) is 18.2 Å². The summed E-state index contributed by atoms with van der Waals surface area (Å²) in [6, 6.07) is 11.1. The Kier molecular flexibility index (Phi) is 3.92. The van der Waals surface area contributed by atoms with Crippen LogP contribution in [0.15, 0.2) is 42.5 Å². The molecule has 19 heavy (non-hydrogen) atoms. The predicted octanol–water partition coefficient (Wildman–Crippen LogP) is 2.77. The van der Waals surface area contributed by atoms with Gasteiger partial charge in [0.1, 0.15) is 5.82 Å². The molecule has 0 fully saturated rings. The number of aliphatic hydroxyl groups excluding tert-OH is 1. The molecule has 1 N–H and O–H groups in total. The SMILES string of the molecule is COC(=O)c1cc(F)cc(-c2ccccc2CO)c1. The third-order valence-electron chi connectivity index (χ3n) is 2.82. The smallest absolute Gasteiger partial charge is 0.337 e. The van der Waals surface area contributed by atoms with E-state index in [1.54, 1.807) is 30.3 Å². The van der Waals surface area contributed by atoms with Gasteiger partial charge < -0.3 is 9.84 Å². The van der Waals surface area contributed by atoms with Crippen LogP contribution in [0.2, 0.25) is 0 Å². The molecule has 0 aromatic heterocycles. The van der Waals surface area contributed by atoms with Crippen molar-refractivity contribution in [3.63, 3.8) is 0 Å². The highest BCUT2D eigenvalue weighted by molar-refractivity contribution is 5.91. The van der Waals surface area contributed by atoms with Crippen molar-refractivity contribution >= 4 is 5.97 Å². The molecule has 0 spiro atoms. The maximum Gasteiger partial charge on any atom is 0.337 e. The molecule has 3 nitrogen and oxygen atoms in total. The second kappa shape index (κ2) is 5.63. The van der Waals surface area contributed by atoms with E-state index in [9.17, 15) is 14.3 Å². The number of carbonyl (C=O) groups excluding carboxylic acids is 1. The zero-order chi connectivity index (χ0) is 13.8. The third-order valence-corrected chi connectivity index (χ3v) is 2.82. The van der Waals surface area contributed by atoms with E-state index in [4.69, 9.17) is 0 Å². The van der Waals surface area contributed by atoms with Crippen LogP contribution in [0.4, 0.5) is 4.39 Å². The van der Waals surface area contributed by atoms with Gasteiger partial charge in [-0.15, -0.1) is 0 Å². The number of aliphatic hydroxyl groups is 1. The zero-order valence-corrected chi connectivity index (χ0v) is 10.4. The Hall–Kier alpha value is -2.20. The number of halogens is 1. The van der Waals surface area contributed by atoms with Crippen molar-refractivity contribution in [2.24, 2.45) is 0 Å². The molecule has 0 aliphatic carbocycles. The molecule has 0 unspecified atom stereocenters. The summed E-state index contributed by atoms with van der Waals surface area (Å²) in [5, 5.41) is 9.29. The highest BCUT2D eigenvalue weighted by Gasteiger charge is 2.11. The second-order valence-corrected chi connectivity index (χ2v) is 4.04. The second-order valence-electron chi connectivity index (χ2n) is 4.04. The molecule has 2 aromatic carbocycles. The molecule has 0 saturated carbocycles. The van der Waals surface area contributed by atoms with Gasteiger partial charge in [0.25, 0.3) is 0 Å². The molecule has 2 aromatic rings. The monoisotopic (exact) mass is 260 g/mol. The topological polar surface area (TPSA) is 46.5 Å². The van der Waals surface area contributed by atoms with Gasteiger partial charge in [0.05, 0.1) is 19.3 Å². The Morgan fingerprint density at radius 2 is 2.00 bits per heavy atom. The van der Waals surface area contributed by atoms with E-state index >= 15 is 0 Å². The third kappa shape index (κ3) is 2.80. The van der Waals surface area contributed by atoms with Gasteiger partial charge in [0, 0.05) is 0 Å². The molecular weight excluding hydrogens is 247 g/mol. The van der Waals surface area contributed by atoms with E-state index in [0.29, 0.717) is 16.7 Å². The first kappa shape index (κ1) is 13.2. The number of hydrogen-bond donors (Lipinski definition) is 1. The maximum atomic E-state index is 13.6. The van der Waals surface area contributed by atoms with Gasteiger partial charge in [-0.05, 0) is 34.9 Å². The summed E-state index contributed by atoms with van der Waals surface area (Å²) in [7, 11) is 1.24. The number of methoxy groups -OCH3 is 1. The Labute approximate surface area is 110 Å². The van der Waals surface area contributed by atoms with Crippen LogP contribution in [0.25, 0.3) is 11.1 Å². The van der Waals surface area contributed by atoms with Gasteiger partial charge in [0.15, 0.2) is 0 Å². The molecule has 2 rings (SSSR count). The predicted molar refractivity (Wildman–Crippen MR) is 69.1 cm³/mol. The summed E-state index contributed by atoms with van der Waals surface area (Å²) in [5.74, 6) is -1.12. The minimum absolute atomic E-state index is 0.144. The first-order chi connectivity index (χ1) is 9.15. The molecular formula is C15H13FO3. The lowest BCUT2D eigenvalue weighted by Crippen LogP contribution is -2.02. The fourth-order valence-electron chi connectivity index (χ4n) is 1.92. The minimum Gasteiger partial charge on any atom is -0.465 e. The molecule has 0 bridgehead atoms. The van der Waals surface area contributed by atoms with E-state index in [1.165, 1.54) is 13.2 Å². The number of hydrogen-bond acceptors (Lipinski definition) is 3. The van der Waals surface area contributed by atoms with Crippen LogP contribution in [0.5, 0.6) is 0 Å². The number of benzene rings is 2. The van der Waals surface area contributed by atoms with Crippen molar-refractivity contribution in [2.75, 3.05) is 7.11 Å². The maximum absolute atomic E-state index is 13.6. The zero-order valence-electron chi connectivity index (χ0n) is 10.4. The molecule has 98 valence electrons. The number of ether oxygens (including phenoxy) is 1. The van der Waals surface area contributed by atoms with Crippen LogP contribution >= 0.6 is 0 Å². The van der Waals surface area contributed by atoms with Crippen LogP contribution < -0.4 is 0 Å². The van der Waals surface area contributed by atoms with Crippen LogP contribution in [-0.2, 0) is 11.3 Å². The number of esters is 1. The first-order valence-corrected chi connectivity index (χ1v) is 5.73. The van der Waals surface area contributed by atoms with Crippen molar-refractivity contribution < 1.29 is 19.0 Å². The first-order valence-electron chi connectivity index (χ1n) is 5.73. The molecule has 0 heterocycles. The highest BCUT2D eigenvalue weighted by atomic mass is 19.1. The molecule has 0 amide bonds. The lowest BCUT2D eigenvalue weighted by molar-refractivity contribution is 0.0600. The van der Waals surface area contributed by atoms with Crippen molar-refractivity contribution in [1.82, 2.24) is 0 Å². The molecule has 0 aliphatic heterocycles. The van der Waals surface area contributed by atoms with Gasteiger partial charge in [-0.1, -0.05) is 24.3 Å². The summed E-state index contributed by atoms with van der Waals surface area (Å²) in [4.78, 5) is 11.5. The van der Waals surface area contributed by atoms with Gasteiger partial charge in [0.2, 0.25) is 0 Å². The van der Waals surface area contributed by atoms with E-state index < -0.39 is 11.8 Å². The molecule has 4 heteroatoms. The largest absolute Gasteiger partial charge is 0.465 e. The molecule has 0 atom stereocenters. The number of rotatable bonds is 3. The molecule has 0 aliphatic rings. The minimum atomic E-state index is -0.595. The van der Waals surface area contributed by atoms with Gasteiger partial charge in [-0.25, -0.2) is 9.18 Å². The Balaban J connectivity index is 2.56. The Morgan fingerprint density at radius 3 is 2.68 bits per heavy atom. The molecule has 0 radical (unpaired) electrons. The molecule has 0 saturated heterocycles. The van der Waals surface area contributed by atoms with Crippen LogP contribution in [0.3, 0.4) is 0 Å². The normalized spacial score (nSPS) is 10.3. The summed E-state index contributed by atoms with van der Waals surface area (Å²) in [5.41, 5.74) is 2.04. The van der Waals surface area contributed by atoms with E-state index in [-0.39, 0.29) is 12.2 Å². The van der Waals surface area contributed by atoms with Gasteiger partial charge >= 0.3 is 5.97 Å². The summed E-state index contributed by atoms with van der Waals surface area (Å²) >= 11 is 0. The van der Waals surface area contributed by atoms with Crippen molar-refractivity contribution in [2.45, 2.75) is 6.61 Å². The lowest BCUT2D eigenvalue weighted by Gasteiger charge is -2.09. The Morgan fingerprint density at radius 1 is 1.26 bits per heavy atom. The highest BCUT2D eigenvalue weighted by Crippen LogP contribution is 2.26. The number of carbonyl (C=O) groups is 1.